The molecule has 5 heteroatoms. The zero-order valence-electron chi connectivity index (χ0n) is 17.5. The summed E-state index contributed by atoms with van der Waals surface area (Å²) in [6, 6.07) is 6.49. The van der Waals surface area contributed by atoms with Gasteiger partial charge in [-0.05, 0) is 67.2 Å². The molecule has 1 heterocycles. The molecule has 0 saturated heterocycles. The molecule has 152 valence electrons. The molecular weight excluding hydrogens is 354 g/mol. The van der Waals surface area contributed by atoms with Crippen molar-refractivity contribution in [1.29, 1.82) is 0 Å². The number of fused-ring (bicyclic) bond motifs is 1. The number of hydrogen-bond donors (Lipinski definition) is 0. The van der Waals surface area contributed by atoms with E-state index in [0.29, 0.717) is 28.9 Å². The average molecular weight is 386 g/mol. The van der Waals surface area contributed by atoms with Gasteiger partial charge in [-0.25, -0.2) is 4.79 Å². The number of nitrogens with zero attached hydrogens (tertiary/aromatic N) is 1. The first-order chi connectivity index (χ1) is 13.3. The van der Waals surface area contributed by atoms with Crippen LogP contribution in [0.3, 0.4) is 0 Å². The quantitative estimate of drug-likeness (QED) is 0.707. The van der Waals surface area contributed by atoms with Crippen molar-refractivity contribution in [1.82, 2.24) is 4.57 Å². The smallest absolute Gasteiger partial charge is 0.329 e. The normalized spacial score (nSPS) is 23.6. The predicted octanol–water partition coefficient (Wildman–Crippen LogP) is 4.58. The van der Waals surface area contributed by atoms with Crippen LogP contribution in [0.1, 0.15) is 53.0 Å². The van der Waals surface area contributed by atoms with Gasteiger partial charge in [-0.3, -0.25) is 4.79 Å². The molecule has 3 rings (SSSR count). The molecule has 0 radical (unpaired) electrons. The van der Waals surface area contributed by atoms with Crippen molar-refractivity contribution in [2.75, 3.05) is 7.11 Å². The molecular formula is C23H31NO4. The van der Waals surface area contributed by atoms with Crippen LogP contribution in [0.2, 0.25) is 0 Å². The summed E-state index contributed by atoms with van der Waals surface area (Å²) in [7, 11) is 1.59. The molecule has 0 aliphatic heterocycles. The standard InChI is InChI=1S/C23H31NO4/c1-14(2)19-8-6-15(3)12-21(19)28-23(26)16(4)24-11-10-17-13-18(27-5)7-9-20(17)22(24)25/h7,9-11,13-16,19,21H,6,8,12H2,1-5H3. The molecule has 1 fully saturated rings. The van der Waals surface area contributed by atoms with Crippen LogP contribution < -0.4 is 10.3 Å². The van der Waals surface area contributed by atoms with Crippen LogP contribution in [0.25, 0.3) is 10.8 Å². The van der Waals surface area contributed by atoms with Crippen LogP contribution in [0.5, 0.6) is 5.75 Å². The fourth-order valence-corrected chi connectivity index (χ4v) is 4.28. The first-order valence-electron chi connectivity index (χ1n) is 10.2. The molecule has 0 amide bonds. The van der Waals surface area contributed by atoms with Gasteiger partial charge in [0.1, 0.15) is 17.9 Å². The van der Waals surface area contributed by atoms with E-state index < -0.39 is 6.04 Å². The van der Waals surface area contributed by atoms with Gasteiger partial charge in [-0.2, -0.15) is 0 Å². The van der Waals surface area contributed by atoms with Crippen molar-refractivity contribution in [2.24, 2.45) is 17.8 Å². The number of esters is 1. The first-order valence-corrected chi connectivity index (χ1v) is 10.2. The minimum absolute atomic E-state index is 0.0703. The first kappa shape index (κ1) is 20.4. The Hall–Kier alpha value is -2.30. The molecule has 4 unspecified atom stereocenters. The number of carbonyl (C=O) groups is 1. The van der Waals surface area contributed by atoms with Crippen LogP contribution >= 0.6 is 0 Å². The van der Waals surface area contributed by atoms with Crippen molar-refractivity contribution < 1.29 is 14.3 Å². The number of pyridine rings is 1. The van der Waals surface area contributed by atoms with Crippen LogP contribution in [-0.2, 0) is 9.53 Å². The van der Waals surface area contributed by atoms with E-state index in [1.54, 1.807) is 32.4 Å². The van der Waals surface area contributed by atoms with Gasteiger partial charge in [0.05, 0.1) is 7.11 Å². The topological polar surface area (TPSA) is 57.5 Å². The van der Waals surface area contributed by atoms with E-state index in [-0.39, 0.29) is 17.6 Å². The van der Waals surface area contributed by atoms with Gasteiger partial charge in [0.15, 0.2) is 0 Å². The number of rotatable bonds is 5. The molecule has 0 N–H and O–H groups in total. The van der Waals surface area contributed by atoms with Gasteiger partial charge < -0.3 is 14.0 Å². The zero-order valence-corrected chi connectivity index (χ0v) is 17.5. The van der Waals surface area contributed by atoms with Crippen molar-refractivity contribution in [2.45, 2.75) is 59.1 Å². The average Bonchev–Trinajstić information content (AvgIpc) is 2.67. The van der Waals surface area contributed by atoms with Gasteiger partial charge in [-0.15, -0.1) is 0 Å². The summed E-state index contributed by atoms with van der Waals surface area (Å²) in [5.74, 6) is 1.77. The molecule has 1 aliphatic carbocycles. The number of methoxy groups -OCH3 is 1. The van der Waals surface area contributed by atoms with Crippen LogP contribution in [0, 0.1) is 17.8 Å². The third-order valence-electron chi connectivity index (χ3n) is 6.13. The van der Waals surface area contributed by atoms with Gasteiger partial charge in [-0.1, -0.05) is 27.2 Å². The van der Waals surface area contributed by atoms with Crippen molar-refractivity contribution in [3.05, 3.63) is 40.8 Å². The molecule has 1 aromatic carbocycles. The third-order valence-corrected chi connectivity index (χ3v) is 6.13. The maximum atomic E-state index is 12.9. The SMILES string of the molecule is COc1ccc2c(=O)n(C(C)C(=O)OC3CC(C)CCC3C(C)C)ccc2c1. The number of ether oxygens (including phenoxy) is 2. The zero-order chi connectivity index (χ0) is 20.4. The molecule has 4 atom stereocenters. The molecule has 2 aromatic rings. The largest absolute Gasteiger partial charge is 0.497 e. The van der Waals surface area contributed by atoms with Gasteiger partial charge >= 0.3 is 5.97 Å². The lowest BCUT2D eigenvalue weighted by atomic mass is 9.75. The monoisotopic (exact) mass is 385 g/mol. The lowest BCUT2D eigenvalue weighted by Crippen LogP contribution is -2.38. The number of carbonyl (C=O) groups excluding carboxylic acids is 1. The molecule has 1 aromatic heterocycles. The number of benzene rings is 1. The van der Waals surface area contributed by atoms with Crippen LogP contribution in [0.15, 0.2) is 35.3 Å². The minimum Gasteiger partial charge on any atom is -0.497 e. The van der Waals surface area contributed by atoms with E-state index in [9.17, 15) is 9.59 Å². The van der Waals surface area contributed by atoms with Crippen LogP contribution in [-0.4, -0.2) is 23.8 Å². The molecule has 1 saturated carbocycles. The van der Waals surface area contributed by atoms with Crippen LogP contribution in [0.4, 0.5) is 0 Å². The van der Waals surface area contributed by atoms with E-state index >= 15 is 0 Å². The lowest BCUT2D eigenvalue weighted by Gasteiger charge is -2.37. The van der Waals surface area contributed by atoms with E-state index in [4.69, 9.17) is 9.47 Å². The summed E-state index contributed by atoms with van der Waals surface area (Å²) in [5.41, 5.74) is -0.193. The van der Waals surface area contributed by atoms with Crippen molar-refractivity contribution in [3.8, 4) is 5.75 Å². The summed E-state index contributed by atoms with van der Waals surface area (Å²) in [6.45, 7) is 8.32. The van der Waals surface area contributed by atoms with E-state index in [0.717, 1.165) is 18.2 Å². The Morgan fingerprint density at radius 3 is 2.61 bits per heavy atom. The highest BCUT2D eigenvalue weighted by Crippen LogP contribution is 2.35. The Labute approximate surface area is 166 Å². The number of hydrogen-bond acceptors (Lipinski definition) is 4. The van der Waals surface area contributed by atoms with E-state index in [1.807, 2.05) is 12.1 Å². The highest BCUT2D eigenvalue weighted by molar-refractivity contribution is 5.83. The Balaban J connectivity index is 1.82. The highest BCUT2D eigenvalue weighted by Gasteiger charge is 2.34. The van der Waals surface area contributed by atoms with Gasteiger partial charge in [0, 0.05) is 11.6 Å². The molecule has 5 nitrogen and oxygen atoms in total. The lowest BCUT2D eigenvalue weighted by molar-refractivity contribution is -0.159. The fraction of sp³-hybridized carbons (Fsp3) is 0.565. The molecule has 28 heavy (non-hydrogen) atoms. The molecule has 1 aliphatic rings. The Morgan fingerprint density at radius 1 is 1.18 bits per heavy atom. The number of aromatic nitrogens is 1. The summed E-state index contributed by atoms with van der Waals surface area (Å²) in [6.07, 6.45) is 4.76. The molecule has 0 bridgehead atoms. The maximum absolute atomic E-state index is 12.9. The Kier molecular flexibility index (Phi) is 6.11. The predicted molar refractivity (Wildman–Crippen MR) is 111 cm³/mol. The fourth-order valence-electron chi connectivity index (χ4n) is 4.28. The third kappa shape index (κ3) is 4.08. The Morgan fingerprint density at radius 2 is 1.93 bits per heavy atom. The second kappa shape index (κ2) is 8.38. The summed E-state index contributed by atoms with van der Waals surface area (Å²) >= 11 is 0. The second-order valence-corrected chi connectivity index (χ2v) is 8.46. The Bertz CT molecular complexity index is 901. The van der Waals surface area contributed by atoms with Crippen molar-refractivity contribution >= 4 is 16.7 Å². The van der Waals surface area contributed by atoms with Crippen molar-refractivity contribution in [3.63, 3.8) is 0 Å². The molecule has 0 spiro atoms. The van der Waals surface area contributed by atoms with E-state index in [2.05, 4.69) is 20.8 Å². The summed E-state index contributed by atoms with van der Waals surface area (Å²) < 4.78 is 12.6. The van der Waals surface area contributed by atoms with Gasteiger partial charge in [0.25, 0.3) is 5.56 Å². The van der Waals surface area contributed by atoms with E-state index in [1.165, 1.54) is 11.0 Å². The highest BCUT2D eigenvalue weighted by atomic mass is 16.5. The van der Waals surface area contributed by atoms with Gasteiger partial charge in [0.2, 0.25) is 0 Å². The maximum Gasteiger partial charge on any atom is 0.329 e. The second-order valence-electron chi connectivity index (χ2n) is 8.46. The summed E-state index contributed by atoms with van der Waals surface area (Å²) in [4.78, 5) is 25.8. The minimum atomic E-state index is -0.663. The summed E-state index contributed by atoms with van der Waals surface area (Å²) in [5, 5.41) is 1.36.